The van der Waals surface area contributed by atoms with E-state index in [-0.39, 0.29) is 24.2 Å². The Balaban J connectivity index is 1.92. The molecule has 2 N–H and O–H groups in total. The smallest absolute Gasteiger partial charge is 0.340 e. The van der Waals surface area contributed by atoms with Gasteiger partial charge in [-0.15, -0.1) is 10.2 Å². The zero-order valence-electron chi connectivity index (χ0n) is 14.3. The van der Waals surface area contributed by atoms with Crippen molar-refractivity contribution >= 4 is 51.7 Å². The minimum absolute atomic E-state index is 0.0908. The molecule has 2 amide bonds. The molecule has 1 heterocycles. The number of rotatable bonds is 8. The highest BCUT2D eigenvalue weighted by atomic mass is 32.2. The quantitative estimate of drug-likeness (QED) is 0.402. The topological polar surface area (TPSA) is 110 Å². The summed E-state index contributed by atoms with van der Waals surface area (Å²) in [6, 6.07) is 6.65. The second kappa shape index (κ2) is 9.88. The van der Waals surface area contributed by atoms with E-state index < -0.39 is 5.97 Å². The average Bonchev–Trinajstić information content (AvgIpc) is 3.08. The molecule has 0 aliphatic carbocycles. The number of nitrogens with zero attached hydrogens (tertiary/aromatic N) is 2. The molecular formula is C16H18N4O4S2. The van der Waals surface area contributed by atoms with E-state index in [9.17, 15) is 14.4 Å². The van der Waals surface area contributed by atoms with Gasteiger partial charge in [-0.2, -0.15) is 0 Å². The highest BCUT2D eigenvalue weighted by Crippen LogP contribution is 2.26. The number of hydrogen-bond donors (Lipinski definition) is 2. The molecule has 8 nitrogen and oxygen atoms in total. The molecule has 0 saturated heterocycles. The van der Waals surface area contributed by atoms with E-state index in [2.05, 4.69) is 20.8 Å². The van der Waals surface area contributed by atoms with Crippen LogP contribution in [0, 0.1) is 0 Å². The van der Waals surface area contributed by atoms with E-state index >= 15 is 0 Å². The number of carbonyl (C=O) groups is 3. The van der Waals surface area contributed by atoms with Crippen molar-refractivity contribution in [3.63, 3.8) is 0 Å². The van der Waals surface area contributed by atoms with Gasteiger partial charge in [0, 0.05) is 6.42 Å². The number of carbonyl (C=O) groups excluding carboxylic acids is 3. The SMILES string of the molecule is CCOC(=O)c1ccccc1NC(=O)CSc1nnc(NC(=O)CC)s1. The summed E-state index contributed by atoms with van der Waals surface area (Å²) in [4.78, 5) is 35.4. The summed E-state index contributed by atoms with van der Waals surface area (Å²) in [7, 11) is 0. The first-order valence-electron chi connectivity index (χ1n) is 7.85. The van der Waals surface area contributed by atoms with Crippen LogP contribution >= 0.6 is 23.1 Å². The number of thioether (sulfide) groups is 1. The lowest BCUT2D eigenvalue weighted by Crippen LogP contribution is -2.17. The Labute approximate surface area is 158 Å². The molecule has 0 aliphatic rings. The Morgan fingerprint density at radius 1 is 1.12 bits per heavy atom. The summed E-state index contributed by atoms with van der Waals surface area (Å²) >= 11 is 2.39. The minimum Gasteiger partial charge on any atom is -0.462 e. The van der Waals surface area contributed by atoms with Gasteiger partial charge >= 0.3 is 5.97 Å². The average molecular weight is 394 g/mol. The first kappa shape index (κ1) is 19.9. The van der Waals surface area contributed by atoms with Gasteiger partial charge < -0.3 is 15.4 Å². The summed E-state index contributed by atoms with van der Waals surface area (Å²) in [5, 5.41) is 13.5. The lowest BCUT2D eigenvalue weighted by Gasteiger charge is -2.09. The fourth-order valence-corrected chi connectivity index (χ4v) is 3.39. The molecule has 0 spiro atoms. The molecule has 1 aromatic heterocycles. The van der Waals surface area contributed by atoms with E-state index in [1.165, 1.54) is 23.1 Å². The molecule has 26 heavy (non-hydrogen) atoms. The molecule has 138 valence electrons. The number of aromatic nitrogens is 2. The number of amides is 2. The summed E-state index contributed by atoms with van der Waals surface area (Å²) in [6.45, 7) is 3.71. The summed E-state index contributed by atoms with van der Waals surface area (Å²) < 4.78 is 5.54. The third-order valence-electron chi connectivity index (χ3n) is 3.00. The molecule has 0 radical (unpaired) electrons. The van der Waals surface area contributed by atoms with E-state index in [0.29, 0.717) is 27.1 Å². The fraction of sp³-hybridized carbons (Fsp3) is 0.312. The maximum atomic E-state index is 12.2. The molecule has 0 saturated carbocycles. The predicted molar refractivity (Wildman–Crippen MR) is 101 cm³/mol. The van der Waals surface area contributed by atoms with E-state index in [0.717, 1.165) is 0 Å². The number of hydrogen-bond acceptors (Lipinski definition) is 8. The van der Waals surface area contributed by atoms with Crippen LogP contribution in [-0.2, 0) is 14.3 Å². The standard InChI is InChI=1S/C16H18N4O4S2/c1-3-12(21)18-15-19-20-16(26-15)25-9-13(22)17-11-8-6-5-7-10(11)14(23)24-4-2/h5-8H,3-4,9H2,1-2H3,(H,17,22)(H,18,19,21). The van der Waals surface area contributed by atoms with Gasteiger partial charge in [0.25, 0.3) is 0 Å². The largest absolute Gasteiger partial charge is 0.462 e. The van der Waals surface area contributed by atoms with Crippen LogP contribution in [0.5, 0.6) is 0 Å². The Morgan fingerprint density at radius 3 is 2.62 bits per heavy atom. The number of anilines is 2. The first-order chi connectivity index (χ1) is 12.5. The maximum absolute atomic E-state index is 12.2. The van der Waals surface area contributed by atoms with Crippen LogP contribution < -0.4 is 10.6 Å². The normalized spacial score (nSPS) is 10.2. The Kier molecular flexibility index (Phi) is 7.54. The molecule has 2 rings (SSSR count). The first-order valence-corrected chi connectivity index (χ1v) is 9.65. The highest BCUT2D eigenvalue weighted by molar-refractivity contribution is 8.01. The Bertz CT molecular complexity index is 794. The zero-order valence-corrected chi connectivity index (χ0v) is 15.9. The summed E-state index contributed by atoms with van der Waals surface area (Å²) in [5.41, 5.74) is 0.692. The third kappa shape index (κ3) is 5.81. The molecule has 0 aliphatic heterocycles. The molecule has 1 aromatic carbocycles. The highest BCUT2D eigenvalue weighted by Gasteiger charge is 2.15. The number of benzene rings is 1. The minimum atomic E-state index is -0.489. The Morgan fingerprint density at radius 2 is 1.88 bits per heavy atom. The van der Waals surface area contributed by atoms with Crippen LogP contribution in [-0.4, -0.2) is 40.3 Å². The van der Waals surface area contributed by atoms with Crippen molar-refractivity contribution in [3.8, 4) is 0 Å². The second-order valence-electron chi connectivity index (χ2n) is 4.88. The van der Waals surface area contributed by atoms with E-state index in [1.54, 1.807) is 38.1 Å². The van der Waals surface area contributed by atoms with Crippen LogP contribution in [0.4, 0.5) is 10.8 Å². The van der Waals surface area contributed by atoms with Gasteiger partial charge in [-0.3, -0.25) is 9.59 Å². The van der Waals surface area contributed by atoms with Crippen molar-refractivity contribution in [1.29, 1.82) is 0 Å². The molecule has 0 fully saturated rings. The molecule has 0 bridgehead atoms. The van der Waals surface area contributed by atoms with Gasteiger partial charge in [-0.25, -0.2) is 4.79 Å². The van der Waals surface area contributed by atoms with Crippen molar-refractivity contribution in [3.05, 3.63) is 29.8 Å². The molecule has 0 unspecified atom stereocenters. The fourth-order valence-electron chi connectivity index (χ4n) is 1.82. The van der Waals surface area contributed by atoms with Gasteiger partial charge in [0.05, 0.1) is 23.6 Å². The molecule has 0 atom stereocenters. The van der Waals surface area contributed by atoms with Gasteiger partial charge in [0.2, 0.25) is 16.9 Å². The lowest BCUT2D eigenvalue weighted by atomic mass is 10.2. The number of nitrogens with one attached hydrogen (secondary N) is 2. The summed E-state index contributed by atoms with van der Waals surface area (Å²) in [5.74, 6) is -0.836. The van der Waals surface area contributed by atoms with Crippen molar-refractivity contribution in [1.82, 2.24) is 10.2 Å². The maximum Gasteiger partial charge on any atom is 0.340 e. The molecule has 10 heteroatoms. The lowest BCUT2D eigenvalue weighted by molar-refractivity contribution is -0.116. The van der Waals surface area contributed by atoms with Crippen LogP contribution in [0.3, 0.4) is 0 Å². The Hall–Kier alpha value is -2.46. The van der Waals surface area contributed by atoms with Crippen LogP contribution in [0.25, 0.3) is 0 Å². The van der Waals surface area contributed by atoms with Crippen molar-refractivity contribution in [2.45, 2.75) is 24.6 Å². The number of esters is 1. The van der Waals surface area contributed by atoms with Gasteiger partial charge in [-0.05, 0) is 19.1 Å². The van der Waals surface area contributed by atoms with Gasteiger partial charge in [-0.1, -0.05) is 42.2 Å². The number of ether oxygens (including phenoxy) is 1. The van der Waals surface area contributed by atoms with Crippen molar-refractivity contribution in [2.75, 3.05) is 23.0 Å². The van der Waals surface area contributed by atoms with Crippen molar-refractivity contribution < 1.29 is 19.1 Å². The number of para-hydroxylation sites is 1. The van der Waals surface area contributed by atoms with Crippen LogP contribution in [0.15, 0.2) is 28.6 Å². The van der Waals surface area contributed by atoms with E-state index in [1.807, 2.05) is 0 Å². The van der Waals surface area contributed by atoms with E-state index in [4.69, 9.17) is 4.74 Å². The van der Waals surface area contributed by atoms with Crippen LogP contribution in [0.2, 0.25) is 0 Å². The molecule has 2 aromatic rings. The van der Waals surface area contributed by atoms with Crippen molar-refractivity contribution in [2.24, 2.45) is 0 Å². The monoisotopic (exact) mass is 394 g/mol. The second-order valence-corrected chi connectivity index (χ2v) is 7.08. The van der Waals surface area contributed by atoms with Gasteiger partial charge in [0.15, 0.2) is 4.34 Å². The third-order valence-corrected chi connectivity index (χ3v) is 4.97. The predicted octanol–water partition coefficient (Wildman–Crippen LogP) is 2.79. The van der Waals surface area contributed by atoms with Gasteiger partial charge in [0.1, 0.15) is 0 Å². The molecular weight excluding hydrogens is 376 g/mol. The summed E-state index contributed by atoms with van der Waals surface area (Å²) in [6.07, 6.45) is 0.352. The van der Waals surface area contributed by atoms with Crippen LogP contribution in [0.1, 0.15) is 30.6 Å². The zero-order chi connectivity index (χ0) is 18.9.